The zero-order valence-electron chi connectivity index (χ0n) is 8.23. The minimum absolute atomic E-state index is 0.112. The molecule has 74 valence electrons. The van der Waals surface area contributed by atoms with Crippen LogP contribution in [0, 0.1) is 5.41 Å². The van der Waals surface area contributed by atoms with E-state index in [1.165, 1.54) is 0 Å². The summed E-state index contributed by atoms with van der Waals surface area (Å²) in [6, 6.07) is 1.92. The molecule has 0 amide bonds. The highest BCUT2D eigenvalue weighted by Gasteiger charge is 2.17. The summed E-state index contributed by atoms with van der Waals surface area (Å²) in [5.41, 5.74) is 0.112. The third-order valence-corrected chi connectivity index (χ3v) is 2.05. The van der Waals surface area contributed by atoms with Crippen molar-refractivity contribution in [1.29, 1.82) is 0 Å². The Morgan fingerprint density at radius 3 is 2.85 bits per heavy atom. The highest BCUT2D eigenvalue weighted by molar-refractivity contribution is 4.78. The number of rotatable bonds is 5. The van der Waals surface area contributed by atoms with Crippen LogP contribution in [0.4, 0.5) is 0 Å². The molecule has 0 saturated heterocycles. The van der Waals surface area contributed by atoms with Crippen LogP contribution in [0.2, 0.25) is 0 Å². The molecule has 0 fully saturated rings. The molecule has 0 aliphatic rings. The molecule has 2 N–H and O–H groups in total. The maximum absolute atomic E-state index is 5.04. The zero-order chi connectivity index (χ0) is 9.73. The van der Waals surface area contributed by atoms with Crippen LogP contribution in [0.1, 0.15) is 20.3 Å². The lowest BCUT2D eigenvalue weighted by Gasteiger charge is -2.22. The van der Waals surface area contributed by atoms with Gasteiger partial charge in [-0.05, 0) is 17.9 Å². The van der Waals surface area contributed by atoms with Crippen molar-refractivity contribution in [2.45, 2.75) is 26.8 Å². The first-order chi connectivity index (χ1) is 6.14. The summed E-state index contributed by atoms with van der Waals surface area (Å²) in [7, 11) is 0. The van der Waals surface area contributed by atoms with E-state index >= 15 is 0 Å². The van der Waals surface area contributed by atoms with Gasteiger partial charge >= 0.3 is 0 Å². The SMILES string of the molecule is CC(C)(CCn1cccn1)CON. The van der Waals surface area contributed by atoms with Crippen molar-refractivity contribution in [2.24, 2.45) is 11.3 Å². The van der Waals surface area contributed by atoms with Crippen molar-refractivity contribution in [3.63, 3.8) is 0 Å². The Kier molecular flexibility index (Phi) is 3.45. The van der Waals surface area contributed by atoms with Crippen molar-refractivity contribution in [3.8, 4) is 0 Å². The molecule has 0 atom stereocenters. The molecule has 1 aromatic rings. The fraction of sp³-hybridized carbons (Fsp3) is 0.667. The first-order valence-electron chi connectivity index (χ1n) is 4.43. The maximum Gasteiger partial charge on any atom is 0.0730 e. The molecule has 0 spiro atoms. The monoisotopic (exact) mass is 183 g/mol. The van der Waals surface area contributed by atoms with Gasteiger partial charge < -0.3 is 4.84 Å². The van der Waals surface area contributed by atoms with Crippen LogP contribution in [-0.2, 0) is 11.4 Å². The molecule has 1 rings (SSSR count). The van der Waals surface area contributed by atoms with Crippen LogP contribution in [0.5, 0.6) is 0 Å². The Bertz CT molecular complexity index is 231. The number of hydrogen-bond donors (Lipinski definition) is 1. The van der Waals surface area contributed by atoms with Gasteiger partial charge in [0.1, 0.15) is 0 Å². The summed E-state index contributed by atoms with van der Waals surface area (Å²) in [5, 5.41) is 4.12. The molecule has 1 heterocycles. The molecule has 0 aliphatic heterocycles. The van der Waals surface area contributed by atoms with Gasteiger partial charge in [0.05, 0.1) is 6.61 Å². The highest BCUT2D eigenvalue weighted by Crippen LogP contribution is 2.20. The maximum atomic E-state index is 5.04. The Labute approximate surface area is 78.6 Å². The Morgan fingerprint density at radius 2 is 2.31 bits per heavy atom. The molecule has 4 heteroatoms. The third kappa shape index (κ3) is 3.57. The largest absolute Gasteiger partial charge is 0.304 e. The van der Waals surface area contributed by atoms with Crippen LogP contribution in [0.25, 0.3) is 0 Å². The summed E-state index contributed by atoms with van der Waals surface area (Å²) in [6.45, 7) is 5.74. The minimum atomic E-state index is 0.112. The normalized spacial score (nSPS) is 11.9. The smallest absolute Gasteiger partial charge is 0.0730 e. The fourth-order valence-corrected chi connectivity index (χ4v) is 1.15. The lowest BCUT2D eigenvalue weighted by atomic mass is 9.91. The molecule has 4 nitrogen and oxygen atoms in total. The topological polar surface area (TPSA) is 53.1 Å². The number of hydrogen-bond acceptors (Lipinski definition) is 3. The van der Waals surface area contributed by atoms with Gasteiger partial charge in [0.25, 0.3) is 0 Å². The van der Waals surface area contributed by atoms with Crippen LogP contribution in [0.15, 0.2) is 18.5 Å². The quantitative estimate of drug-likeness (QED) is 0.698. The van der Waals surface area contributed by atoms with Crippen molar-refractivity contribution in [2.75, 3.05) is 6.61 Å². The lowest BCUT2D eigenvalue weighted by molar-refractivity contribution is 0.0552. The number of aryl methyl sites for hydroxylation is 1. The van der Waals surface area contributed by atoms with Crippen LogP contribution in [0.3, 0.4) is 0 Å². The summed E-state index contributed by atoms with van der Waals surface area (Å²) < 4.78 is 1.91. The van der Waals surface area contributed by atoms with Gasteiger partial charge in [-0.2, -0.15) is 5.10 Å². The van der Waals surface area contributed by atoms with E-state index in [1.54, 1.807) is 6.20 Å². The van der Waals surface area contributed by atoms with Crippen LogP contribution in [-0.4, -0.2) is 16.4 Å². The molecule has 13 heavy (non-hydrogen) atoms. The molecule has 0 aliphatic carbocycles. The van der Waals surface area contributed by atoms with E-state index < -0.39 is 0 Å². The van der Waals surface area contributed by atoms with Crippen LogP contribution >= 0.6 is 0 Å². The van der Waals surface area contributed by atoms with Gasteiger partial charge in [-0.25, -0.2) is 5.90 Å². The van der Waals surface area contributed by atoms with Crippen molar-refractivity contribution in [1.82, 2.24) is 9.78 Å². The zero-order valence-corrected chi connectivity index (χ0v) is 8.23. The van der Waals surface area contributed by atoms with Gasteiger partial charge in [-0.3, -0.25) is 4.68 Å². The molecule has 0 unspecified atom stereocenters. The van der Waals surface area contributed by atoms with Crippen LogP contribution < -0.4 is 5.90 Å². The Balaban J connectivity index is 2.33. The van der Waals surface area contributed by atoms with Crippen molar-refractivity contribution >= 4 is 0 Å². The second-order valence-electron chi connectivity index (χ2n) is 3.99. The fourth-order valence-electron chi connectivity index (χ4n) is 1.15. The van der Waals surface area contributed by atoms with E-state index in [-0.39, 0.29) is 5.41 Å². The van der Waals surface area contributed by atoms with E-state index in [2.05, 4.69) is 23.8 Å². The lowest BCUT2D eigenvalue weighted by Crippen LogP contribution is -2.23. The van der Waals surface area contributed by atoms with Gasteiger partial charge in [0, 0.05) is 18.9 Å². The summed E-state index contributed by atoms with van der Waals surface area (Å²) in [5.74, 6) is 5.04. The molecular weight excluding hydrogens is 166 g/mol. The average Bonchev–Trinajstić information content (AvgIpc) is 2.52. The van der Waals surface area contributed by atoms with E-state index in [4.69, 9.17) is 5.90 Å². The van der Waals surface area contributed by atoms with Gasteiger partial charge in [-0.1, -0.05) is 13.8 Å². The van der Waals surface area contributed by atoms with E-state index in [1.807, 2.05) is 16.9 Å². The first kappa shape index (κ1) is 10.2. The third-order valence-electron chi connectivity index (χ3n) is 2.05. The van der Waals surface area contributed by atoms with E-state index in [0.29, 0.717) is 6.61 Å². The highest BCUT2D eigenvalue weighted by atomic mass is 16.6. The number of nitrogens with two attached hydrogens (primary N) is 1. The minimum Gasteiger partial charge on any atom is -0.304 e. The van der Waals surface area contributed by atoms with Gasteiger partial charge in [0.15, 0.2) is 0 Å². The summed E-state index contributed by atoms with van der Waals surface area (Å²) in [6.07, 6.45) is 4.75. The second-order valence-corrected chi connectivity index (χ2v) is 3.99. The van der Waals surface area contributed by atoms with Gasteiger partial charge in [0.2, 0.25) is 0 Å². The molecule has 1 aromatic heterocycles. The van der Waals surface area contributed by atoms with Gasteiger partial charge in [-0.15, -0.1) is 0 Å². The second kappa shape index (κ2) is 4.39. The van der Waals surface area contributed by atoms with E-state index in [9.17, 15) is 0 Å². The summed E-state index contributed by atoms with van der Waals surface area (Å²) in [4.78, 5) is 4.65. The van der Waals surface area contributed by atoms with Crippen molar-refractivity contribution in [3.05, 3.63) is 18.5 Å². The predicted octanol–water partition coefficient (Wildman–Crippen LogP) is 1.19. The molecule has 0 saturated carbocycles. The summed E-state index contributed by atoms with van der Waals surface area (Å²) >= 11 is 0. The standard InChI is InChI=1S/C9H17N3O/c1-9(2,8-13-10)4-7-12-6-3-5-11-12/h3,5-6H,4,7-8,10H2,1-2H3. The number of aromatic nitrogens is 2. The average molecular weight is 183 g/mol. The molecular formula is C9H17N3O. The molecule has 0 radical (unpaired) electrons. The predicted molar refractivity (Wildman–Crippen MR) is 50.8 cm³/mol. The van der Waals surface area contributed by atoms with E-state index in [0.717, 1.165) is 13.0 Å². The number of nitrogens with zero attached hydrogens (tertiary/aromatic N) is 2. The first-order valence-corrected chi connectivity index (χ1v) is 4.43. The van der Waals surface area contributed by atoms with Crippen molar-refractivity contribution < 1.29 is 4.84 Å². The Hall–Kier alpha value is -0.870. The molecule has 0 bridgehead atoms. The molecule has 0 aromatic carbocycles. The Morgan fingerprint density at radius 1 is 1.54 bits per heavy atom.